The van der Waals surface area contributed by atoms with Crippen molar-refractivity contribution in [2.45, 2.75) is 77.6 Å². The number of hydrogen-bond donors (Lipinski definition) is 4. The normalized spacial score (nSPS) is 26.1. The number of ether oxygens (including phenoxy) is 1. The number of hydrogen-bond acceptors (Lipinski definition) is 7. The molecule has 3 rings (SSSR count). The lowest BCUT2D eigenvalue weighted by Gasteiger charge is -2.23. The summed E-state index contributed by atoms with van der Waals surface area (Å²) in [5.74, 6) is -1.43. The van der Waals surface area contributed by atoms with E-state index in [1.807, 2.05) is 6.92 Å². The van der Waals surface area contributed by atoms with E-state index in [9.17, 15) is 29.4 Å². The van der Waals surface area contributed by atoms with E-state index in [0.717, 1.165) is 24.8 Å². The van der Waals surface area contributed by atoms with E-state index >= 15 is 0 Å². The molecule has 0 radical (unpaired) electrons. The molecule has 214 valence electrons. The first-order chi connectivity index (χ1) is 18.9. The first-order valence-electron chi connectivity index (χ1n) is 13.6. The fraction of sp³-hybridized carbons (Fsp3) is 0.419. The molecule has 1 heterocycles. The van der Waals surface area contributed by atoms with E-state index in [1.54, 1.807) is 19.1 Å². The zero-order chi connectivity index (χ0) is 29.4. The molecule has 9 heteroatoms. The Morgan fingerprint density at radius 1 is 1.15 bits per heavy atom. The smallest absolute Gasteiger partial charge is 0.251 e. The molecule has 40 heavy (non-hydrogen) atoms. The second-order valence-electron chi connectivity index (χ2n) is 10.4. The maximum absolute atomic E-state index is 12.8. The molecule has 2 amide bonds. The van der Waals surface area contributed by atoms with Gasteiger partial charge in [-0.05, 0) is 38.3 Å². The fourth-order valence-corrected chi connectivity index (χ4v) is 4.61. The van der Waals surface area contributed by atoms with Gasteiger partial charge in [0, 0.05) is 24.5 Å². The van der Waals surface area contributed by atoms with Crippen LogP contribution in [0.15, 0.2) is 83.0 Å². The number of fused-ring (bicyclic) bond motifs is 1. The van der Waals surface area contributed by atoms with Crippen LogP contribution in [0.3, 0.4) is 0 Å². The highest BCUT2D eigenvalue weighted by Crippen LogP contribution is 2.40. The minimum atomic E-state index is -1.61. The van der Waals surface area contributed by atoms with Crippen LogP contribution in [0.5, 0.6) is 0 Å². The number of unbranched alkanes of at least 4 members (excludes halogenated alkanes) is 1. The molecule has 1 fully saturated rings. The molecule has 1 aliphatic heterocycles. The van der Waals surface area contributed by atoms with E-state index in [1.165, 1.54) is 36.5 Å². The van der Waals surface area contributed by atoms with Gasteiger partial charge in [-0.1, -0.05) is 68.7 Å². The van der Waals surface area contributed by atoms with Crippen molar-refractivity contribution in [3.63, 3.8) is 0 Å². The van der Waals surface area contributed by atoms with E-state index < -0.39 is 35.4 Å². The Kier molecular flexibility index (Phi) is 10.4. The minimum Gasteiger partial charge on any atom is -0.510 e. The zero-order valence-corrected chi connectivity index (χ0v) is 23.4. The summed E-state index contributed by atoms with van der Waals surface area (Å²) in [5, 5.41) is 25.7. The Labute approximate surface area is 234 Å². The number of Topliss-reactive ketones (excluding diaryl/α,β-unsaturated/α-hetero) is 2. The zero-order valence-electron chi connectivity index (χ0n) is 23.4. The number of amides is 2. The Hall–Kier alpha value is -3.82. The predicted octanol–water partition coefficient (Wildman–Crippen LogP) is 3.70. The fourth-order valence-electron chi connectivity index (χ4n) is 4.61. The number of ketones is 2. The van der Waals surface area contributed by atoms with Crippen molar-refractivity contribution in [1.29, 1.82) is 0 Å². The summed E-state index contributed by atoms with van der Waals surface area (Å²) >= 11 is 0. The molecule has 3 aliphatic rings. The number of nitrogens with one attached hydrogen (secondary N) is 2. The van der Waals surface area contributed by atoms with Gasteiger partial charge < -0.3 is 25.6 Å². The molecule has 0 aromatic heterocycles. The maximum Gasteiger partial charge on any atom is 0.251 e. The number of carbonyl (C=O) groups excluding carboxylic acids is 4. The van der Waals surface area contributed by atoms with E-state index in [2.05, 4.69) is 30.6 Å². The predicted molar refractivity (Wildman–Crippen MR) is 151 cm³/mol. The number of aliphatic hydroxyl groups excluding tert-OH is 1. The first-order valence-corrected chi connectivity index (χ1v) is 13.6. The molecule has 0 spiro atoms. The molecule has 9 nitrogen and oxygen atoms in total. The highest BCUT2D eigenvalue weighted by Gasteiger charge is 2.59. The summed E-state index contributed by atoms with van der Waals surface area (Å²) in [6.45, 7) is 7.90. The monoisotopic (exact) mass is 550 g/mol. The van der Waals surface area contributed by atoms with Gasteiger partial charge in [0.15, 0.2) is 11.9 Å². The Morgan fingerprint density at radius 2 is 1.88 bits per heavy atom. The van der Waals surface area contributed by atoms with Gasteiger partial charge in [-0.2, -0.15) is 0 Å². The lowest BCUT2D eigenvalue weighted by molar-refractivity contribution is -0.121. The summed E-state index contributed by atoms with van der Waals surface area (Å²) < 4.78 is 5.39. The van der Waals surface area contributed by atoms with Gasteiger partial charge in [-0.15, -0.1) is 0 Å². The van der Waals surface area contributed by atoms with Crippen molar-refractivity contribution >= 4 is 23.4 Å². The SMILES string of the molecule is CCCC[C@@H](C)/C=C(C)/C=C(\C)C(=O)NC1=C[C@@](O)(/C=C/C=C/C=C/C(=O)NC2=C(O)CCC2=O)[C@H]2OC2C1=O. The highest BCUT2D eigenvalue weighted by molar-refractivity contribution is 6.07. The molecular formula is C31H38N2O7. The first kappa shape index (κ1) is 30.7. The quantitative estimate of drug-likeness (QED) is 0.165. The molecular weight excluding hydrogens is 512 g/mol. The lowest BCUT2D eigenvalue weighted by Crippen LogP contribution is -2.42. The molecule has 0 aromatic rings. The van der Waals surface area contributed by atoms with Gasteiger partial charge in [0.05, 0.1) is 5.70 Å². The van der Waals surface area contributed by atoms with Crippen molar-refractivity contribution in [2.24, 2.45) is 5.92 Å². The number of allylic oxidation sites excluding steroid dienone is 9. The van der Waals surface area contributed by atoms with E-state index in [4.69, 9.17) is 4.74 Å². The Balaban J connectivity index is 1.60. The average Bonchev–Trinajstić information content (AvgIpc) is 3.66. The maximum atomic E-state index is 12.8. The Bertz CT molecular complexity index is 1260. The summed E-state index contributed by atoms with van der Waals surface area (Å²) in [7, 11) is 0. The van der Waals surface area contributed by atoms with Crippen LogP contribution in [0.4, 0.5) is 0 Å². The van der Waals surface area contributed by atoms with Crippen molar-refractivity contribution < 1.29 is 34.1 Å². The molecule has 4 N–H and O–H groups in total. The van der Waals surface area contributed by atoms with Crippen molar-refractivity contribution in [1.82, 2.24) is 10.6 Å². The number of epoxide rings is 1. The highest BCUT2D eigenvalue weighted by atomic mass is 16.6. The second kappa shape index (κ2) is 13.5. The number of carbonyl (C=O) groups is 4. The van der Waals surface area contributed by atoms with Crippen LogP contribution in [0.25, 0.3) is 0 Å². The van der Waals surface area contributed by atoms with E-state index in [0.29, 0.717) is 11.5 Å². The molecule has 4 atom stereocenters. The van der Waals surface area contributed by atoms with Gasteiger partial charge in [0.2, 0.25) is 11.7 Å². The average molecular weight is 551 g/mol. The van der Waals surface area contributed by atoms with Gasteiger partial charge in [0.25, 0.3) is 5.91 Å². The van der Waals surface area contributed by atoms with Crippen LogP contribution < -0.4 is 10.6 Å². The number of aliphatic hydroxyl groups is 2. The third-order valence-electron chi connectivity index (χ3n) is 6.81. The van der Waals surface area contributed by atoms with Crippen molar-refractivity contribution in [3.8, 4) is 0 Å². The van der Waals surface area contributed by atoms with E-state index in [-0.39, 0.29) is 35.8 Å². The molecule has 0 saturated carbocycles. The largest absolute Gasteiger partial charge is 0.510 e. The van der Waals surface area contributed by atoms with Crippen LogP contribution in [-0.2, 0) is 23.9 Å². The van der Waals surface area contributed by atoms with Crippen LogP contribution >= 0.6 is 0 Å². The second-order valence-corrected chi connectivity index (χ2v) is 10.4. The van der Waals surface area contributed by atoms with Gasteiger partial charge in [0.1, 0.15) is 23.2 Å². The van der Waals surface area contributed by atoms with Gasteiger partial charge in [-0.3, -0.25) is 19.2 Å². The third kappa shape index (κ3) is 8.09. The number of rotatable bonds is 12. The topological polar surface area (TPSA) is 145 Å². The van der Waals surface area contributed by atoms with Gasteiger partial charge >= 0.3 is 0 Å². The van der Waals surface area contributed by atoms with Crippen molar-refractivity contribution in [2.75, 3.05) is 0 Å². The van der Waals surface area contributed by atoms with Crippen LogP contribution in [0.1, 0.15) is 59.8 Å². The lowest BCUT2D eigenvalue weighted by atomic mass is 9.88. The van der Waals surface area contributed by atoms with Gasteiger partial charge in [-0.25, -0.2) is 0 Å². The summed E-state index contributed by atoms with van der Waals surface area (Å²) in [4.78, 5) is 49.0. The molecule has 0 aromatic carbocycles. The molecule has 1 saturated heterocycles. The molecule has 1 unspecified atom stereocenters. The summed E-state index contributed by atoms with van der Waals surface area (Å²) in [6.07, 6.45) is 16.0. The van der Waals surface area contributed by atoms with Crippen LogP contribution in [0.2, 0.25) is 0 Å². The molecule has 2 aliphatic carbocycles. The van der Waals surface area contributed by atoms with Crippen LogP contribution in [-0.4, -0.2) is 51.4 Å². The van der Waals surface area contributed by atoms with Crippen molar-refractivity contribution in [3.05, 3.63) is 83.0 Å². The standard InChI is InChI=1S/C31H38N2O7/c1-5-6-11-19(2)16-20(3)17-21(4)30(38)32-22-18-31(39,29-28(40-29)27(22)37)15-10-8-7-9-12-25(36)33-26-23(34)13-14-24(26)35/h7-10,12,15-19,28-29,34,39H,5-6,11,13-14H2,1-4H3,(H,32,38)(H,33,36)/b8-7+,12-9+,15-10+,20-16+,21-17+/t19-,28?,29+,31+/m1/s1. The summed E-state index contributed by atoms with van der Waals surface area (Å²) in [6, 6.07) is 0. The Morgan fingerprint density at radius 3 is 2.55 bits per heavy atom. The minimum absolute atomic E-state index is 0.0267. The molecule has 0 bridgehead atoms. The van der Waals surface area contributed by atoms with Crippen LogP contribution in [0, 0.1) is 5.92 Å². The third-order valence-corrected chi connectivity index (χ3v) is 6.81. The summed E-state index contributed by atoms with van der Waals surface area (Å²) in [5.41, 5.74) is -0.310.